The van der Waals surface area contributed by atoms with Crippen molar-refractivity contribution < 1.29 is 22.7 Å². The van der Waals surface area contributed by atoms with Gasteiger partial charge in [0.25, 0.3) is 0 Å². The number of hydrogen-bond donors (Lipinski definition) is 3. The monoisotopic (exact) mass is 572 g/mol. The number of benzene rings is 3. The van der Waals surface area contributed by atoms with Crippen LogP contribution in [0.3, 0.4) is 0 Å². The van der Waals surface area contributed by atoms with Crippen LogP contribution in [-0.4, -0.2) is 28.8 Å². The molecule has 1 aromatic heterocycles. The summed E-state index contributed by atoms with van der Waals surface area (Å²) in [4.78, 5) is 16.5. The molecule has 0 fully saturated rings. The highest BCUT2D eigenvalue weighted by atomic mass is 32.2. The average molecular weight is 573 g/mol. The van der Waals surface area contributed by atoms with Crippen molar-refractivity contribution >= 4 is 63.2 Å². The predicted molar refractivity (Wildman–Crippen MR) is 151 cm³/mol. The fourth-order valence-electron chi connectivity index (χ4n) is 3.55. The van der Waals surface area contributed by atoms with Crippen molar-refractivity contribution in [2.24, 2.45) is 15.1 Å². The Morgan fingerprint density at radius 1 is 1.13 bits per heavy atom. The molecule has 4 aromatic rings. The molecule has 0 aliphatic carbocycles. The van der Waals surface area contributed by atoms with Crippen LogP contribution in [-0.2, 0) is 0 Å². The number of nitrogens with two attached hydrogens (primary N) is 1. The number of aromatic nitrogens is 1. The second kappa shape index (κ2) is 12.2. The lowest BCUT2D eigenvalue weighted by atomic mass is 10.0. The van der Waals surface area contributed by atoms with E-state index in [0.29, 0.717) is 11.4 Å². The average Bonchev–Trinajstić information content (AvgIpc) is 3.31. The van der Waals surface area contributed by atoms with Gasteiger partial charge in [-0.15, -0.1) is 13.2 Å². The Hall–Kier alpha value is -4.10. The third-order valence-corrected chi connectivity index (χ3v) is 6.58. The molecule has 8 nitrogen and oxygen atoms in total. The number of halogens is 3. The SMILES string of the molecule is CC(C)c1ccccc1NC(=O)NS/N=C/c1ccc2c(/C(N)=N/c3ccc(OC(F)(F)F)cc3)nsc2c1. The Morgan fingerprint density at radius 3 is 2.59 bits per heavy atom. The standard InChI is InChI=1S/C26H23F3N6O2S2/c1-15(2)19-5-3-4-6-21(19)33-25(36)35-39-31-14-16-7-12-20-22(13-16)38-34-23(20)24(30)32-17-8-10-18(11-9-17)37-26(27,28)29/h3-15H,1-2H3,(H2,30,32)(H2,33,35,36)/b31-14+. The molecule has 0 bridgehead atoms. The highest BCUT2D eigenvalue weighted by molar-refractivity contribution is 7.96. The number of aliphatic imine (C=N–C) groups is 1. The molecule has 0 aliphatic rings. The lowest BCUT2D eigenvalue weighted by Crippen LogP contribution is -2.23. The van der Waals surface area contributed by atoms with Gasteiger partial charge in [-0.3, -0.25) is 4.72 Å². The Bertz CT molecular complexity index is 1520. The Kier molecular flexibility index (Phi) is 8.72. The summed E-state index contributed by atoms with van der Waals surface area (Å²) in [5.41, 5.74) is 9.52. The zero-order chi connectivity index (χ0) is 28.0. The quantitative estimate of drug-likeness (QED) is 0.118. The molecule has 0 saturated carbocycles. The van der Waals surface area contributed by atoms with E-state index in [1.54, 1.807) is 6.21 Å². The first-order chi connectivity index (χ1) is 18.6. The molecule has 4 N–H and O–H groups in total. The minimum Gasteiger partial charge on any atom is -0.406 e. The molecule has 0 spiro atoms. The van der Waals surface area contributed by atoms with Gasteiger partial charge in [0.2, 0.25) is 0 Å². The van der Waals surface area contributed by atoms with Gasteiger partial charge >= 0.3 is 12.4 Å². The van der Waals surface area contributed by atoms with Gasteiger partial charge in [0, 0.05) is 17.3 Å². The summed E-state index contributed by atoms with van der Waals surface area (Å²) in [6.07, 6.45) is -3.16. The number of carbonyl (C=O) groups excluding carboxylic acids is 1. The van der Waals surface area contributed by atoms with E-state index in [1.807, 2.05) is 42.5 Å². The first kappa shape index (κ1) is 27.9. The van der Waals surface area contributed by atoms with E-state index < -0.39 is 6.36 Å². The lowest BCUT2D eigenvalue weighted by Gasteiger charge is -2.13. The smallest absolute Gasteiger partial charge is 0.406 e. The van der Waals surface area contributed by atoms with Gasteiger partial charge in [-0.1, -0.05) is 44.2 Å². The highest BCUT2D eigenvalue weighted by Gasteiger charge is 2.31. The number of nitrogens with zero attached hydrogens (tertiary/aromatic N) is 3. The third-order valence-electron chi connectivity index (χ3n) is 5.28. The summed E-state index contributed by atoms with van der Waals surface area (Å²) in [6.45, 7) is 4.11. The van der Waals surface area contributed by atoms with Crippen LogP contribution in [0.25, 0.3) is 10.1 Å². The van der Waals surface area contributed by atoms with Crippen LogP contribution in [0.1, 0.15) is 36.6 Å². The Morgan fingerprint density at radius 2 is 1.87 bits per heavy atom. The number of carbonyl (C=O) groups is 1. The van der Waals surface area contributed by atoms with Gasteiger partial charge in [-0.2, -0.15) is 4.37 Å². The number of anilines is 1. The summed E-state index contributed by atoms with van der Waals surface area (Å²) in [7, 11) is 0. The van der Waals surface area contributed by atoms with Gasteiger partial charge in [0.1, 0.15) is 11.4 Å². The van der Waals surface area contributed by atoms with Crippen molar-refractivity contribution in [3.8, 4) is 5.75 Å². The number of amides is 2. The van der Waals surface area contributed by atoms with E-state index >= 15 is 0 Å². The maximum Gasteiger partial charge on any atom is 0.573 e. The van der Waals surface area contributed by atoms with E-state index in [0.717, 1.165) is 51.2 Å². The van der Waals surface area contributed by atoms with Crippen LogP contribution in [0.4, 0.5) is 29.3 Å². The topological polar surface area (TPSA) is 114 Å². The number of nitrogens with one attached hydrogen (secondary N) is 2. The van der Waals surface area contributed by atoms with Crippen LogP contribution >= 0.6 is 23.7 Å². The minimum atomic E-state index is -4.77. The lowest BCUT2D eigenvalue weighted by molar-refractivity contribution is -0.274. The normalized spacial score (nSPS) is 12.3. The molecule has 2 amide bonds. The van der Waals surface area contributed by atoms with Crippen molar-refractivity contribution in [1.29, 1.82) is 0 Å². The van der Waals surface area contributed by atoms with Gasteiger partial charge in [0.15, 0.2) is 5.84 Å². The van der Waals surface area contributed by atoms with Crippen molar-refractivity contribution in [1.82, 2.24) is 9.10 Å². The molecule has 202 valence electrons. The second-order valence-corrected chi connectivity index (χ2v) is 9.85. The van der Waals surface area contributed by atoms with Crippen LogP contribution < -0.4 is 20.5 Å². The number of amidine groups is 1. The highest BCUT2D eigenvalue weighted by Crippen LogP contribution is 2.27. The zero-order valence-electron chi connectivity index (χ0n) is 20.7. The van der Waals surface area contributed by atoms with Gasteiger partial charge in [-0.25, -0.2) is 14.2 Å². The molecule has 0 unspecified atom stereocenters. The first-order valence-corrected chi connectivity index (χ1v) is 13.1. The van der Waals surface area contributed by atoms with Gasteiger partial charge < -0.3 is 15.8 Å². The molecule has 1 heterocycles. The predicted octanol–water partition coefficient (Wildman–Crippen LogP) is 7.16. The number of ether oxygens (including phenoxy) is 1. The summed E-state index contributed by atoms with van der Waals surface area (Å²) in [5.74, 6) is 0.0417. The molecule has 0 atom stereocenters. The maximum atomic E-state index is 12.3. The maximum absolute atomic E-state index is 12.3. The largest absolute Gasteiger partial charge is 0.573 e. The summed E-state index contributed by atoms with van der Waals surface area (Å²) in [6, 6.07) is 17.8. The van der Waals surface area contributed by atoms with Crippen LogP contribution in [0.5, 0.6) is 5.75 Å². The van der Waals surface area contributed by atoms with Crippen molar-refractivity contribution in [3.63, 3.8) is 0 Å². The van der Waals surface area contributed by atoms with Crippen LogP contribution in [0, 0.1) is 0 Å². The van der Waals surface area contributed by atoms with Crippen molar-refractivity contribution in [2.45, 2.75) is 26.1 Å². The van der Waals surface area contributed by atoms with E-state index in [1.165, 1.54) is 23.7 Å². The molecule has 39 heavy (non-hydrogen) atoms. The number of para-hydroxylation sites is 1. The van der Waals surface area contributed by atoms with Crippen LogP contribution in [0.15, 0.2) is 76.1 Å². The molecule has 3 aromatic carbocycles. The van der Waals surface area contributed by atoms with E-state index in [9.17, 15) is 18.0 Å². The zero-order valence-corrected chi connectivity index (χ0v) is 22.3. The number of urea groups is 1. The summed E-state index contributed by atoms with van der Waals surface area (Å²) < 4.78 is 52.9. The molecule has 13 heteroatoms. The molecule has 0 aliphatic heterocycles. The van der Waals surface area contributed by atoms with Crippen molar-refractivity contribution in [2.75, 3.05) is 5.32 Å². The molecular formula is C26H23F3N6O2S2. The Balaban J connectivity index is 1.36. The second-order valence-electron chi connectivity index (χ2n) is 8.45. The number of hydrogen-bond acceptors (Lipinski definition) is 7. The van der Waals surface area contributed by atoms with E-state index in [-0.39, 0.29) is 23.5 Å². The number of fused-ring (bicyclic) bond motifs is 1. The summed E-state index contributed by atoms with van der Waals surface area (Å²) >= 11 is 2.12. The molecular weight excluding hydrogens is 549 g/mol. The van der Waals surface area contributed by atoms with Crippen LogP contribution in [0.2, 0.25) is 0 Å². The van der Waals surface area contributed by atoms with Crippen molar-refractivity contribution in [3.05, 3.63) is 83.6 Å². The van der Waals surface area contributed by atoms with E-state index in [4.69, 9.17) is 5.73 Å². The minimum absolute atomic E-state index is 0.122. The summed E-state index contributed by atoms with van der Waals surface area (Å²) in [5, 5.41) is 3.60. The fourth-order valence-corrected chi connectivity index (χ4v) is 4.75. The van der Waals surface area contributed by atoms with Gasteiger partial charge in [0.05, 0.1) is 22.5 Å². The third kappa shape index (κ3) is 7.71. The van der Waals surface area contributed by atoms with E-state index in [2.05, 4.69) is 42.4 Å². The first-order valence-electron chi connectivity index (χ1n) is 11.5. The fraction of sp³-hybridized carbons (Fsp3) is 0.154. The number of rotatable bonds is 8. The molecule has 0 saturated heterocycles. The molecule has 0 radical (unpaired) electrons. The molecule has 4 rings (SSSR count). The Labute approximate surface area is 230 Å². The van der Waals surface area contributed by atoms with Gasteiger partial charge in [-0.05, 0) is 65.0 Å². The number of alkyl halides is 3.